The lowest BCUT2D eigenvalue weighted by Gasteiger charge is -2.32. The normalized spacial score (nSPS) is 16.5. The average molecular weight is 646 g/mol. The molecule has 6 N–H and O–H groups in total. The van der Waals surface area contributed by atoms with Crippen LogP contribution in [0.5, 0.6) is 0 Å². The number of primary amides is 1. The summed E-state index contributed by atoms with van der Waals surface area (Å²) in [5.74, 6) is -2.75. The molecule has 47 heavy (non-hydrogen) atoms. The number of aliphatic hydroxyl groups is 1. The molecule has 3 aromatic carbocycles. The average Bonchev–Trinajstić information content (AvgIpc) is 3.52. The molecule has 0 bridgehead atoms. The van der Waals surface area contributed by atoms with Gasteiger partial charge in [0, 0.05) is 12.1 Å². The predicted octanol–water partition coefficient (Wildman–Crippen LogP) is 2.30. The maximum absolute atomic E-state index is 13.7. The minimum absolute atomic E-state index is 0.0427. The summed E-state index contributed by atoms with van der Waals surface area (Å²) in [5, 5.41) is 21.2. The Balaban J connectivity index is 1.48. The second kappa shape index (κ2) is 15.5. The van der Waals surface area contributed by atoms with Crippen LogP contribution in [0.4, 0.5) is 4.79 Å². The van der Waals surface area contributed by atoms with E-state index >= 15 is 0 Å². The van der Waals surface area contributed by atoms with Crippen molar-refractivity contribution in [3.8, 4) is 0 Å². The Labute approximate surface area is 274 Å². The van der Waals surface area contributed by atoms with E-state index in [9.17, 15) is 29.1 Å². The molecular weight excluding hydrogens is 602 g/mol. The van der Waals surface area contributed by atoms with Crippen molar-refractivity contribution >= 4 is 40.5 Å². The van der Waals surface area contributed by atoms with Crippen molar-refractivity contribution in [3.05, 3.63) is 83.9 Å². The van der Waals surface area contributed by atoms with E-state index in [-0.39, 0.29) is 25.5 Å². The Kier molecular flexibility index (Phi) is 11.5. The molecule has 0 aliphatic carbocycles. The quantitative estimate of drug-likeness (QED) is 0.200. The fourth-order valence-corrected chi connectivity index (χ4v) is 5.65. The van der Waals surface area contributed by atoms with Crippen LogP contribution in [-0.4, -0.2) is 76.0 Å². The number of carbonyl (C=O) groups excluding carboxylic acids is 5. The van der Waals surface area contributed by atoms with Gasteiger partial charge in [0.2, 0.25) is 17.7 Å². The molecule has 1 fully saturated rings. The first kappa shape index (κ1) is 34.9. The van der Waals surface area contributed by atoms with E-state index in [0.29, 0.717) is 18.4 Å². The van der Waals surface area contributed by atoms with Crippen molar-refractivity contribution < 1.29 is 33.8 Å². The fourth-order valence-electron chi connectivity index (χ4n) is 5.65. The maximum Gasteiger partial charge on any atom is 0.408 e. The summed E-state index contributed by atoms with van der Waals surface area (Å²) in [6.45, 7) is 5.67. The third-order valence-corrected chi connectivity index (χ3v) is 7.85. The summed E-state index contributed by atoms with van der Waals surface area (Å²) < 4.78 is 5.39. The highest BCUT2D eigenvalue weighted by molar-refractivity contribution is 5.93. The van der Waals surface area contributed by atoms with Gasteiger partial charge in [-0.3, -0.25) is 19.2 Å². The second-order valence-corrected chi connectivity index (χ2v) is 12.8. The zero-order chi connectivity index (χ0) is 34.1. The Bertz CT molecular complexity index is 1580. The first-order valence-electron chi connectivity index (χ1n) is 15.7. The number of ether oxygens (including phenoxy) is 1. The highest BCUT2D eigenvalue weighted by atomic mass is 16.5. The number of aliphatic hydroxyl groups excluding tert-OH is 1. The lowest BCUT2D eigenvalue weighted by molar-refractivity contribution is -0.147. The fraction of sp³-hybridized carbons (Fsp3) is 0.400. The van der Waals surface area contributed by atoms with Crippen molar-refractivity contribution in [2.24, 2.45) is 5.73 Å². The summed E-state index contributed by atoms with van der Waals surface area (Å²) in [6, 6.07) is 18.7. The number of nitrogens with zero attached hydrogens (tertiary/aromatic N) is 1. The van der Waals surface area contributed by atoms with Gasteiger partial charge in [0.15, 0.2) is 6.10 Å². The smallest absolute Gasteiger partial charge is 0.408 e. The van der Waals surface area contributed by atoms with Crippen LogP contribution in [0.3, 0.4) is 0 Å². The summed E-state index contributed by atoms with van der Waals surface area (Å²) in [4.78, 5) is 66.3. The molecule has 250 valence electrons. The Hall–Kier alpha value is -4.97. The molecule has 1 aliphatic heterocycles. The van der Waals surface area contributed by atoms with E-state index < -0.39 is 60.0 Å². The van der Waals surface area contributed by atoms with Crippen molar-refractivity contribution in [2.45, 2.75) is 82.8 Å². The number of hydrogen-bond donors (Lipinski definition) is 5. The van der Waals surface area contributed by atoms with Crippen LogP contribution in [0.1, 0.15) is 51.2 Å². The van der Waals surface area contributed by atoms with Crippen molar-refractivity contribution in [1.82, 2.24) is 20.9 Å². The van der Waals surface area contributed by atoms with Gasteiger partial charge >= 0.3 is 6.09 Å². The summed E-state index contributed by atoms with van der Waals surface area (Å²) in [6.07, 6.45) is -2.21. The molecule has 0 radical (unpaired) electrons. The first-order valence-corrected chi connectivity index (χ1v) is 15.7. The van der Waals surface area contributed by atoms with Crippen LogP contribution in [0.25, 0.3) is 10.8 Å². The number of nitrogens with two attached hydrogens (primary N) is 1. The number of fused-ring (bicyclic) bond motifs is 1. The third kappa shape index (κ3) is 9.76. The lowest BCUT2D eigenvalue weighted by Crippen LogP contribution is -2.59. The number of benzene rings is 3. The molecule has 1 saturated heterocycles. The maximum atomic E-state index is 13.7. The van der Waals surface area contributed by atoms with Gasteiger partial charge in [0.25, 0.3) is 5.91 Å². The molecule has 12 nitrogen and oxygen atoms in total. The van der Waals surface area contributed by atoms with Crippen molar-refractivity contribution in [3.63, 3.8) is 0 Å². The molecule has 5 amide bonds. The van der Waals surface area contributed by atoms with Gasteiger partial charge in [-0.2, -0.15) is 0 Å². The number of nitrogens with one attached hydrogen (secondary N) is 3. The largest absolute Gasteiger partial charge is 0.445 e. The second-order valence-electron chi connectivity index (χ2n) is 12.8. The molecule has 4 rings (SSSR count). The Morgan fingerprint density at radius 2 is 1.64 bits per heavy atom. The number of hydrogen-bond acceptors (Lipinski definition) is 7. The van der Waals surface area contributed by atoms with Crippen molar-refractivity contribution in [2.75, 3.05) is 6.54 Å². The molecule has 4 atom stereocenters. The molecule has 0 unspecified atom stereocenters. The zero-order valence-corrected chi connectivity index (χ0v) is 26.9. The molecule has 0 aromatic heterocycles. The number of alkyl carbamates (subject to hydrolysis) is 1. The van der Waals surface area contributed by atoms with E-state index in [2.05, 4.69) is 16.0 Å². The molecule has 1 heterocycles. The molecule has 0 saturated carbocycles. The predicted molar refractivity (Wildman–Crippen MR) is 176 cm³/mol. The minimum atomic E-state index is -1.74. The summed E-state index contributed by atoms with van der Waals surface area (Å²) >= 11 is 0. The zero-order valence-electron chi connectivity index (χ0n) is 26.9. The highest BCUT2D eigenvalue weighted by Crippen LogP contribution is 2.22. The molecule has 1 aliphatic rings. The molecular formula is C35H43N5O7. The van der Waals surface area contributed by atoms with E-state index in [0.717, 1.165) is 16.3 Å². The van der Waals surface area contributed by atoms with Gasteiger partial charge in [-0.05, 0) is 61.9 Å². The molecule has 0 spiro atoms. The SMILES string of the molecule is CC(C)(C)NC(=O)[C@@H]1CCCN1C(=O)[C@@H](O)[C@H](Cc1ccccc1)NC(=O)[C@H](CC(N)=O)NC(=O)OCc1cccc2ccccc12. The third-order valence-electron chi connectivity index (χ3n) is 7.85. The Morgan fingerprint density at radius 1 is 0.957 bits per heavy atom. The molecule has 3 aromatic rings. The number of carbonyl (C=O) groups is 5. The van der Waals surface area contributed by atoms with Crippen LogP contribution >= 0.6 is 0 Å². The topological polar surface area (TPSA) is 180 Å². The Morgan fingerprint density at radius 3 is 2.34 bits per heavy atom. The van der Waals surface area contributed by atoms with Gasteiger partial charge in [0.1, 0.15) is 18.7 Å². The van der Waals surface area contributed by atoms with Crippen LogP contribution in [0, 0.1) is 0 Å². The number of amides is 5. The van der Waals surface area contributed by atoms with Crippen molar-refractivity contribution in [1.29, 1.82) is 0 Å². The van der Waals surface area contributed by atoms with E-state index in [1.807, 2.05) is 63.2 Å². The van der Waals surface area contributed by atoms with Crippen LogP contribution < -0.4 is 21.7 Å². The number of likely N-dealkylation sites (tertiary alicyclic amines) is 1. The van der Waals surface area contributed by atoms with Gasteiger partial charge in [-0.1, -0.05) is 72.8 Å². The van der Waals surface area contributed by atoms with Gasteiger partial charge in [-0.15, -0.1) is 0 Å². The van der Waals surface area contributed by atoms with Crippen LogP contribution in [-0.2, 0) is 36.9 Å². The van der Waals surface area contributed by atoms with Gasteiger partial charge in [0.05, 0.1) is 12.5 Å². The standard InChI is InChI=1S/C35H43N5O7/c1-35(2,3)39-32(44)28-17-10-18-40(28)33(45)30(42)26(19-22-11-5-4-6-12-22)37-31(43)27(20-29(36)41)38-34(46)47-21-24-15-9-14-23-13-7-8-16-25(23)24/h4-9,11-16,26-28,30,42H,10,17-21H2,1-3H3,(H2,36,41)(H,37,43)(H,38,46)(H,39,44)/t26-,27-,28-,30-/m0/s1. The summed E-state index contributed by atoms with van der Waals surface area (Å²) in [5.41, 5.74) is 6.34. The monoisotopic (exact) mass is 645 g/mol. The summed E-state index contributed by atoms with van der Waals surface area (Å²) in [7, 11) is 0. The van der Waals surface area contributed by atoms with Gasteiger partial charge < -0.3 is 36.4 Å². The van der Waals surface area contributed by atoms with Crippen LogP contribution in [0.2, 0.25) is 0 Å². The number of rotatable bonds is 12. The first-order chi connectivity index (χ1) is 22.3. The minimum Gasteiger partial charge on any atom is -0.445 e. The highest BCUT2D eigenvalue weighted by Gasteiger charge is 2.41. The van der Waals surface area contributed by atoms with E-state index in [1.54, 1.807) is 30.3 Å². The van der Waals surface area contributed by atoms with Gasteiger partial charge in [-0.25, -0.2) is 4.79 Å². The van der Waals surface area contributed by atoms with Crippen LogP contribution in [0.15, 0.2) is 72.8 Å². The lowest BCUT2D eigenvalue weighted by atomic mass is 9.99. The van der Waals surface area contributed by atoms with E-state index in [1.165, 1.54) is 4.90 Å². The van der Waals surface area contributed by atoms with E-state index in [4.69, 9.17) is 10.5 Å². The molecule has 12 heteroatoms.